The third kappa shape index (κ3) is 3.79. The van der Waals surface area contributed by atoms with E-state index in [9.17, 15) is 9.59 Å². The number of amides is 1. The van der Waals surface area contributed by atoms with E-state index in [1.165, 1.54) is 5.56 Å². The molecule has 2 heterocycles. The monoisotopic (exact) mass is 399 g/mol. The van der Waals surface area contributed by atoms with Gasteiger partial charge in [0.2, 0.25) is 5.91 Å². The van der Waals surface area contributed by atoms with E-state index in [1.54, 1.807) is 0 Å². The molecule has 0 bridgehead atoms. The quantitative estimate of drug-likeness (QED) is 0.531. The van der Waals surface area contributed by atoms with Crippen LogP contribution in [0.2, 0.25) is 0 Å². The zero-order chi connectivity index (χ0) is 21.3. The number of carbonyl (C=O) groups excluding carboxylic acids is 1. The highest BCUT2D eigenvalue weighted by atomic mass is 16.1. The summed E-state index contributed by atoms with van der Waals surface area (Å²) in [5, 5.41) is 3.96. The van der Waals surface area contributed by atoms with E-state index in [1.807, 2.05) is 56.4 Å². The molecular weight excluding hydrogens is 374 g/mol. The highest BCUT2D eigenvalue weighted by Gasteiger charge is 2.14. The Morgan fingerprint density at radius 3 is 2.50 bits per heavy atom. The molecule has 5 heteroatoms. The lowest BCUT2D eigenvalue weighted by Crippen LogP contribution is -2.29. The van der Waals surface area contributed by atoms with E-state index in [0.717, 1.165) is 33.4 Å². The Balaban J connectivity index is 1.60. The van der Waals surface area contributed by atoms with Crippen LogP contribution < -0.4 is 10.9 Å². The number of aromatic amines is 1. The Kier molecular flexibility index (Phi) is 5.27. The lowest BCUT2D eigenvalue weighted by Gasteiger charge is -2.08. The number of H-pyrrole nitrogens is 1. The van der Waals surface area contributed by atoms with Crippen molar-refractivity contribution in [2.75, 3.05) is 0 Å². The summed E-state index contributed by atoms with van der Waals surface area (Å²) in [5.41, 5.74) is 6.44. The molecule has 0 aliphatic rings. The Labute approximate surface area is 175 Å². The fraction of sp³-hybridized carbons (Fsp3) is 0.200. The number of nitrogens with zero attached hydrogens (tertiary/aromatic N) is 1. The van der Waals surface area contributed by atoms with Crippen LogP contribution in [0.1, 0.15) is 27.9 Å². The van der Waals surface area contributed by atoms with Crippen molar-refractivity contribution in [1.29, 1.82) is 0 Å². The summed E-state index contributed by atoms with van der Waals surface area (Å²) in [7, 11) is 0. The number of rotatable bonds is 5. The van der Waals surface area contributed by atoms with Crippen LogP contribution in [-0.4, -0.2) is 15.5 Å². The van der Waals surface area contributed by atoms with Gasteiger partial charge in [0.25, 0.3) is 5.56 Å². The Hall–Kier alpha value is -3.60. The van der Waals surface area contributed by atoms with Crippen molar-refractivity contribution in [2.45, 2.75) is 33.7 Å². The molecule has 0 saturated carbocycles. The number of fused-ring (bicyclic) bond motifs is 1. The van der Waals surface area contributed by atoms with Gasteiger partial charge >= 0.3 is 0 Å². The summed E-state index contributed by atoms with van der Waals surface area (Å²) in [4.78, 5) is 27.7. The summed E-state index contributed by atoms with van der Waals surface area (Å²) < 4.78 is 2.14. The number of aromatic nitrogens is 2. The van der Waals surface area contributed by atoms with Gasteiger partial charge in [-0.05, 0) is 55.7 Å². The largest absolute Gasteiger partial charge is 0.352 e. The van der Waals surface area contributed by atoms with Crippen molar-refractivity contribution >= 4 is 16.8 Å². The maximum Gasteiger partial charge on any atom is 0.253 e. The predicted molar refractivity (Wildman–Crippen MR) is 120 cm³/mol. The normalized spacial score (nSPS) is 11.0. The minimum Gasteiger partial charge on any atom is -0.352 e. The molecule has 0 aliphatic heterocycles. The molecule has 0 atom stereocenters. The summed E-state index contributed by atoms with van der Waals surface area (Å²) in [5.74, 6) is -0.109. The molecule has 2 aromatic carbocycles. The number of pyridine rings is 1. The third-order valence-electron chi connectivity index (χ3n) is 5.48. The maximum atomic E-state index is 12.7. The van der Waals surface area contributed by atoms with Crippen molar-refractivity contribution < 1.29 is 4.79 Å². The van der Waals surface area contributed by atoms with Crippen LogP contribution in [0.5, 0.6) is 0 Å². The second-order valence-electron chi connectivity index (χ2n) is 7.72. The first-order valence-corrected chi connectivity index (χ1v) is 10.0. The van der Waals surface area contributed by atoms with Crippen LogP contribution in [0.4, 0.5) is 0 Å². The highest BCUT2D eigenvalue weighted by Crippen LogP contribution is 2.26. The second-order valence-corrected chi connectivity index (χ2v) is 7.72. The average molecular weight is 399 g/mol. The molecule has 2 N–H and O–H groups in total. The lowest BCUT2D eigenvalue weighted by molar-refractivity contribution is -0.120. The minimum absolute atomic E-state index is 0.109. The van der Waals surface area contributed by atoms with Crippen molar-refractivity contribution in [1.82, 2.24) is 14.9 Å². The van der Waals surface area contributed by atoms with Crippen molar-refractivity contribution in [3.63, 3.8) is 0 Å². The minimum atomic E-state index is -0.149. The number of carbonyl (C=O) groups is 1. The van der Waals surface area contributed by atoms with Gasteiger partial charge in [-0.2, -0.15) is 0 Å². The Morgan fingerprint density at radius 2 is 1.73 bits per heavy atom. The van der Waals surface area contributed by atoms with Gasteiger partial charge < -0.3 is 14.9 Å². The van der Waals surface area contributed by atoms with Crippen LogP contribution in [0.15, 0.2) is 65.6 Å². The van der Waals surface area contributed by atoms with Crippen LogP contribution in [0.25, 0.3) is 16.6 Å². The molecule has 0 fully saturated rings. The standard InChI is InChI=1S/C25H25N3O2/c1-16-8-4-6-10-22(16)28-15-19(20-9-5-7-11-23(20)28)13-24(29)26-14-21-17(2)12-18(3)27-25(21)30/h4-12,15H,13-14H2,1-3H3,(H,26,29)(H,27,30). The fourth-order valence-corrected chi connectivity index (χ4v) is 3.95. The molecule has 4 rings (SSSR count). The second kappa shape index (κ2) is 8.03. The molecule has 0 spiro atoms. The van der Waals surface area contributed by atoms with Gasteiger partial charge in [-0.25, -0.2) is 0 Å². The number of para-hydroxylation sites is 2. The van der Waals surface area contributed by atoms with Crippen LogP contribution >= 0.6 is 0 Å². The lowest BCUT2D eigenvalue weighted by atomic mass is 10.1. The van der Waals surface area contributed by atoms with Gasteiger partial charge in [-0.1, -0.05) is 36.4 Å². The Bertz CT molecular complexity index is 1300. The molecule has 4 aromatic rings. The van der Waals surface area contributed by atoms with Gasteiger partial charge in [-0.3, -0.25) is 9.59 Å². The smallest absolute Gasteiger partial charge is 0.253 e. The number of hydrogen-bond acceptors (Lipinski definition) is 2. The summed E-state index contributed by atoms with van der Waals surface area (Å²) in [6.07, 6.45) is 2.29. The number of benzene rings is 2. The zero-order valence-corrected chi connectivity index (χ0v) is 17.5. The van der Waals surface area contributed by atoms with Crippen LogP contribution in [-0.2, 0) is 17.8 Å². The number of hydrogen-bond donors (Lipinski definition) is 2. The van der Waals surface area contributed by atoms with Crippen molar-refractivity contribution in [2.24, 2.45) is 0 Å². The fourth-order valence-electron chi connectivity index (χ4n) is 3.95. The van der Waals surface area contributed by atoms with Gasteiger partial charge in [-0.15, -0.1) is 0 Å². The average Bonchev–Trinajstić information content (AvgIpc) is 3.06. The van der Waals surface area contributed by atoms with Gasteiger partial charge in [0.05, 0.1) is 11.9 Å². The van der Waals surface area contributed by atoms with E-state index < -0.39 is 0 Å². The first-order valence-electron chi connectivity index (χ1n) is 10.0. The number of nitrogens with one attached hydrogen (secondary N) is 2. The number of aryl methyl sites for hydroxylation is 3. The summed E-state index contributed by atoms with van der Waals surface area (Å²) in [6, 6.07) is 18.2. The van der Waals surface area contributed by atoms with Gasteiger partial charge in [0, 0.05) is 35.1 Å². The van der Waals surface area contributed by atoms with Crippen molar-refractivity contribution in [3.8, 4) is 5.69 Å². The van der Waals surface area contributed by atoms with E-state index in [2.05, 4.69) is 40.0 Å². The van der Waals surface area contributed by atoms with E-state index >= 15 is 0 Å². The maximum absolute atomic E-state index is 12.7. The van der Waals surface area contributed by atoms with Crippen molar-refractivity contribution in [3.05, 3.63) is 99.1 Å². The first kappa shape index (κ1) is 19.7. The Morgan fingerprint density at radius 1 is 1.00 bits per heavy atom. The molecule has 1 amide bonds. The zero-order valence-electron chi connectivity index (χ0n) is 17.5. The third-order valence-corrected chi connectivity index (χ3v) is 5.48. The summed E-state index contributed by atoms with van der Waals surface area (Å²) in [6.45, 7) is 6.04. The molecule has 0 saturated heterocycles. The topological polar surface area (TPSA) is 66.9 Å². The molecule has 30 heavy (non-hydrogen) atoms. The SMILES string of the molecule is Cc1cc(C)c(CNC(=O)Cc2cn(-c3ccccc3C)c3ccccc23)c(=O)[nH]1. The molecule has 152 valence electrons. The highest BCUT2D eigenvalue weighted by molar-refractivity contribution is 5.90. The molecule has 5 nitrogen and oxygen atoms in total. The molecule has 0 unspecified atom stereocenters. The summed E-state index contributed by atoms with van der Waals surface area (Å²) >= 11 is 0. The predicted octanol–water partition coefficient (Wildman–Crippen LogP) is 4.10. The van der Waals surface area contributed by atoms with E-state index in [0.29, 0.717) is 5.56 Å². The first-order chi connectivity index (χ1) is 14.4. The molecule has 0 radical (unpaired) electrons. The van der Waals surface area contributed by atoms with Gasteiger partial charge in [0.1, 0.15) is 0 Å². The molecule has 0 aliphatic carbocycles. The molecular formula is C25H25N3O2. The van der Waals surface area contributed by atoms with E-state index in [4.69, 9.17) is 0 Å². The van der Waals surface area contributed by atoms with Gasteiger partial charge in [0.15, 0.2) is 0 Å². The van der Waals surface area contributed by atoms with Crippen LogP contribution in [0.3, 0.4) is 0 Å². The molecule has 2 aromatic heterocycles. The van der Waals surface area contributed by atoms with E-state index in [-0.39, 0.29) is 24.4 Å². The van der Waals surface area contributed by atoms with Crippen LogP contribution in [0, 0.1) is 20.8 Å².